The normalized spacial score (nSPS) is 34.5. The Morgan fingerprint density at radius 1 is 1.03 bits per heavy atom. The van der Waals surface area contributed by atoms with E-state index in [-0.39, 0.29) is 23.9 Å². The van der Waals surface area contributed by atoms with Gasteiger partial charge in [-0.25, -0.2) is 0 Å². The van der Waals surface area contributed by atoms with E-state index in [1.54, 1.807) is 12.2 Å². The van der Waals surface area contributed by atoms with Gasteiger partial charge in [0.1, 0.15) is 16.8 Å². The fraction of sp³-hybridized carbons (Fsp3) is 0.310. The number of methoxy groups -OCH3 is 1. The van der Waals surface area contributed by atoms with Gasteiger partial charge in [-0.15, -0.1) is 13.2 Å². The van der Waals surface area contributed by atoms with Crippen LogP contribution in [0.3, 0.4) is 0 Å². The van der Waals surface area contributed by atoms with Crippen LogP contribution in [0.2, 0.25) is 0 Å². The fourth-order valence-corrected chi connectivity index (χ4v) is 7.10. The zero-order valence-electron chi connectivity index (χ0n) is 18.8. The molecular weight excluding hydrogens is 412 g/mol. The Morgan fingerprint density at radius 3 is 2.24 bits per heavy atom. The van der Waals surface area contributed by atoms with Crippen LogP contribution in [-0.4, -0.2) is 23.8 Å². The third-order valence-corrected chi connectivity index (χ3v) is 8.13. The summed E-state index contributed by atoms with van der Waals surface area (Å²) in [5, 5.41) is 12.6. The number of fused-ring (bicyclic) bond motifs is 1. The number of carbonyl (C=O) groups excluding carboxylic acids is 2. The molecule has 3 aliphatic carbocycles. The molecule has 1 N–H and O–H groups in total. The third-order valence-electron chi connectivity index (χ3n) is 8.13. The monoisotopic (exact) mass is 440 g/mol. The number of hydrogen-bond donors (Lipinski definition) is 1. The van der Waals surface area contributed by atoms with Crippen LogP contribution in [0.5, 0.6) is 0 Å². The summed E-state index contributed by atoms with van der Waals surface area (Å²) in [4.78, 5) is 28.7. The van der Waals surface area contributed by atoms with Crippen LogP contribution in [0.1, 0.15) is 36.3 Å². The SMILES string of the molecule is C=CCC1=C(OC)[C@@]2(CC=C)C[C@@H]3[C@@H](c4ccccc4)[C@](O)(c4ccccc4)[C@]3(C1=O)C2=O. The second-order valence-corrected chi connectivity index (χ2v) is 9.38. The first-order valence-electron chi connectivity index (χ1n) is 11.4. The molecule has 4 nitrogen and oxygen atoms in total. The molecule has 0 radical (unpaired) electrons. The second-order valence-electron chi connectivity index (χ2n) is 9.38. The molecule has 2 bridgehead atoms. The molecule has 0 aliphatic heterocycles. The van der Waals surface area contributed by atoms with Gasteiger partial charge in [0, 0.05) is 11.5 Å². The molecule has 5 atom stereocenters. The Balaban J connectivity index is 1.84. The summed E-state index contributed by atoms with van der Waals surface area (Å²) in [6.45, 7) is 7.72. The quantitative estimate of drug-likeness (QED) is 0.493. The van der Waals surface area contributed by atoms with Gasteiger partial charge < -0.3 is 9.84 Å². The van der Waals surface area contributed by atoms with Gasteiger partial charge in [-0.1, -0.05) is 72.8 Å². The average Bonchev–Trinajstić information content (AvgIpc) is 3.01. The summed E-state index contributed by atoms with van der Waals surface area (Å²) in [6.07, 6.45) is 4.44. The maximum absolute atomic E-state index is 14.4. The number of Topliss-reactive ketones (excluding diaryl/α,β-unsaturated/α-hetero) is 2. The van der Waals surface area contributed by atoms with E-state index in [0.717, 1.165) is 5.56 Å². The Kier molecular flexibility index (Phi) is 4.84. The molecule has 2 aromatic carbocycles. The van der Waals surface area contributed by atoms with Gasteiger partial charge in [0.2, 0.25) is 0 Å². The number of ketones is 2. The van der Waals surface area contributed by atoms with Gasteiger partial charge in [0.25, 0.3) is 0 Å². The van der Waals surface area contributed by atoms with Gasteiger partial charge in [-0.2, -0.15) is 0 Å². The maximum atomic E-state index is 14.4. The Morgan fingerprint density at radius 2 is 1.67 bits per heavy atom. The molecule has 0 unspecified atom stereocenters. The topological polar surface area (TPSA) is 63.6 Å². The van der Waals surface area contributed by atoms with E-state index in [0.29, 0.717) is 29.7 Å². The largest absolute Gasteiger partial charge is 0.500 e. The lowest BCUT2D eigenvalue weighted by molar-refractivity contribution is -0.218. The minimum atomic E-state index is -1.66. The van der Waals surface area contributed by atoms with E-state index in [4.69, 9.17) is 4.74 Å². The fourth-order valence-electron chi connectivity index (χ4n) is 7.10. The molecule has 0 amide bonds. The highest BCUT2D eigenvalue weighted by Crippen LogP contribution is 2.79. The first kappa shape index (κ1) is 21.6. The highest BCUT2D eigenvalue weighted by Gasteiger charge is 2.87. The van der Waals surface area contributed by atoms with Gasteiger partial charge >= 0.3 is 0 Å². The van der Waals surface area contributed by atoms with Crippen molar-refractivity contribution in [3.05, 3.63) is 108 Å². The Bertz CT molecular complexity index is 1180. The van der Waals surface area contributed by atoms with Crippen LogP contribution in [0.25, 0.3) is 0 Å². The molecule has 3 aliphatic rings. The van der Waals surface area contributed by atoms with Crippen LogP contribution < -0.4 is 0 Å². The van der Waals surface area contributed by atoms with Crippen molar-refractivity contribution in [2.24, 2.45) is 16.7 Å². The zero-order chi connectivity index (χ0) is 23.4. The Labute approximate surface area is 194 Å². The summed E-state index contributed by atoms with van der Waals surface area (Å²) in [7, 11) is 1.51. The van der Waals surface area contributed by atoms with Crippen LogP contribution in [0.15, 0.2) is 97.3 Å². The lowest BCUT2D eigenvalue weighted by atomic mass is 9.39. The van der Waals surface area contributed by atoms with E-state index in [1.165, 1.54) is 7.11 Å². The van der Waals surface area contributed by atoms with Crippen LogP contribution in [-0.2, 0) is 19.9 Å². The van der Waals surface area contributed by atoms with Crippen LogP contribution in [0.4, 0.5) is 0 Å². The smallest absolute Gasteiger partial charge is 0.179 e. The van der Waals surface area contributed by atoms with Crippen molar-refractivity contribution in [1.29, 1.82) is 0 Å². The second kappa shape index (κ2) is 7.39. The van der Waals surface area contributed by atoms with Crippen molar-refractivity contribution in [2.75, 3.05) is 7.11 Å². The van der Waals surface area contributed by atoms with E-state index in [1.807, 2.05) is 60.7 Å². The van der Waals surface area contributed by atoms with Gasteiger partial charge in [0.15, 0.2) is 11.6 Å². The first-order chi connectivity index (χ1) is 15.9. The highest BCUT2D eigenvalue weighted by molar-refractivity contribution is 6.24. The standard InChI is InChI=1S/C29H28O4/c1-4-12-21-24(30)28-22(18-27(17-5-2,26(28)31)25(21)33-3)23(19-13-8-6-9-14-19)29(28,32)20-15-10-7-11-16-20/h4-11,13-16,22-23,32H,1-2,12,17-18H2,3H3/t22-,23-,27-,28-,29-/m1/s1. The minimum absolute atomic E-state index is 0.243. The number of benzene rings is 2. The third kappa shape index (κ3) is 2.34. The summed E-state index contributed by atoms with van der Waals surface area (Å²) in [5.74, 6) is -0.906. The summed E-state index contributed by atoms with van der Waals surface area (Å²) in [6, 6.07) is 18.9. The van der Waals surface area contributed by atoms with E-state index < -0.39 is 22.3 Å². The number of hydrogen-bond acceptors (Lipinski definition) is 4. The predicted molar refractivity (Wildman–Crippen MR) is 126 cm³/mol. The van der Waals surface area contributed by atoms with Crippen molar-refractivity contribution in [2.45, 2.75) is 30.8 Å². The van der Waals surface area contributed by atoms with Crippen molar-refractivity contribution in [3.8, 4) is 0 Å². The van der Waals surface area contributed by atoms with E-state index in [2.05, 4.69) is 13.2 Å². The molecule has 5 rings (SSSR count). The number of carbonyl (C=O) groups is 2. The van der Waals surface area contributed by atoms with Crippen molar-refractivity contribution in [1.82, 2.24) is 0 Å². The molecule has 4 heteroatoms. The molecule has 0 saturated heterocycles. The number of allylic oxidation sites excluding steroid dienone is 4. The Hall–Kier alpha value is -3.24. The van der Waals surface area contributed by atoms with Crippen molar-refractivity contribution in [3.63, 3.8) is 0 Å². The number of aliphatic hydroxyl groups is 1. The van der Waals surface area contributed by atoms with Gasteiger partial charge in [-0.05, 0) is 36.3 Å². The summed E-state index contributed by atoms with van der Waals surface area (Å²) >= 11 is 0. The first-order valence-corrected chi connectivity index (χ1v) is 11.4. The number of rotatable bonds is 7. The molecule has 2 fully saturated rings. The molecule has 0 heterocycles. The number of ether oxygens (including phenoxy) is 1. The lowest BCUT2D eigenvalue weighted by Crippen LogP contribution is -2.72. The predicted octanol–water partition coefficient (Wildman–Crippen LogP) is 4.87. The maximum Gasteiger partial charge on any atom is 0.179 e. The van der Waals surface area contributed by atoms with E-state index in [9.17, 15) is 14.7 Å². The molecule has 2 aromatic rings. The molecule has 168 valence electrons. The highest BCUT2D eigenvalue weighted by atomic mass is 16.5. The van der Waals surface area contributed by atoms with Crippen molar-refractivity contribution < 1.29 is 19.4 Å². The summed E-state index contributed by atoms with van der Waals surface area (Å²) < 4.78 is 5.78. The van der Waals surface area contributed by atoms with Crippen LogP contribution in [0, 0.1) is 16.7 Å². The van der Waals surface area contributed by atoms with Crippen molar-refractivity contribution >= 4 is 11.6 Å². The average molecular weight is 441 g/mol. The van der Waals surface area contributed by atoms with Gasteiger partial charge in [-0.3, -0.25) is 9.59 Å². The van der Waals surface area contributed by atoms with Gasteiger partial charge in [0.05, 0.1) is 12.5 Å². The zero-order valence-corrected chi connectivity index (χ0v) is 18.8. The molecular formula is C29H28O4. The lowest BCUT2D eigenvalue weighted by Gasteiger charge is -2.63. The minimum Gasteiger partial charge on any atom is -0.500 e. The van der Waals surface area contributed by atoms with Crippen LogP contribution >= 0.6 is 0 Å². The van der Waals surface area contributed by atoms with E-state index >= 15 is 0 Å². The molecule has 0 aromatic heterocycles. The molecule has 2 saturated carbocycles. The molecule has 33 heavy (non-hydrogen) atoms. The summed E-state index contributed by atoms with van der Waals surface area (Å²) in [5.41, 5.74) is -2.28. The molecule has 1 spiro atoms.